The molecule has 1 fully saturated rings. The predicted molar refractivity (Wildman–Crippen MR) is 56.1 cm³/mol. The standard InChI is InChI=1S/C11H18N2O/c1-2-7-13(6-1)8-5-12-10-11-4-3-9-14-11/h3-4,9,12H,1-2,5-8,10H2. The van der Waals surface area contributed by atoms with Crippen molar-refractivity contribution in [1.29, 1.82) is 0 Å². The van der Waals surface area contributed by atoms with Gasteiger partial charge in [-0.3, -0.25) is 0 Å². The third-order valence-electron chi connectivity index (χ3n) is 2.68. The third kappa shape index (κ3) is 2.86. The Balaban J connectivity index is 1.55. The molecule has 3 heteroatoms. The summed E-state index contributed by atoms with van der Waals surface area (Å²) in [6, 6.07) is 3.93. The van der Waals surface area contributed by atoms with Gasteiger partial charge in [-0.15, -0.1) is 0 Å². The Morgan fingerprint density at radius 2 is 2.21 bits per heavy atom. The lowest BCUT2D eigenvalue weighted by Crippen LogP contribution is -2.29. The van der Waals surface area contributed by atoms with Crippen molar-refractivity contribution in [3.8, 4) is 0 Å². The zero-order valence-electron chi connectivity index (χ0n) is 8.54. The number of nitrogens with one attached hydrogen (secondary N) is 1. The first-order valence-corrected chi connectivity index (χ1v) is 5.40. The maximum absolute atomic E-state index is 5.23. The topological polar surface area (TPSA) is 28.4 Å². The monoisotopic (exact) mass is 194 g/mol. The summed E-state index contributed by atoms with van der Waals surface area (Å²) in [6.07, 6.45) is 4.47. The van der Waals surface area contributed by atoms with Gasteiger partial charge in [0.15, 0.2) is 0 Å². The summed E-state index contributed by atoms with van der Waals surface area (Å²) in [7, 11) is 0. The van der Waals surface area contributed by atoms with Crippen LogP contribution in [-0.4, -0.2) is 31.1 Å². The molecule has 1 aliphatic heterocycles. The Labute approximate surface area is 85.1 Å². The van der Waals surface area contributed by atoms with Gasteiger partial charge >= 0.3 is 0 Å². The first-order chi connectivity index (χ1) is 6.95. The first kappa shape index (κ1) is 9.74. The van der Waals surface area contributed by atoms with Gasteiger partial charge in [-0.1, -0.05) is 0 Å². The Bertz CT molecular complexity index is 240. The van der Waals surface area contributed by atoms with Crippen molar-refractivity contribution < 1.29 is 4.42 Å². The second kappa shape index (κ2) is 5.17. The van der Waals surface area contributed by atoms with Crippen LogP contribution in [0.5, 0.6) is 0 Å². The summed E-state index contributed by atoms with van der Waals surface area (Å²) in [5, 5.41) is 3.38. The van der Waals surface area contributed by atoms with Crippen LogP contribution in [0.3, 0.4) is 0 Å². The highest BCUT2D eigenvalue weighted by atomic mass is 16.3. The molecule has 78 valence electrons. The van der Waals surface area contributed by atoms with E-state index in [4.69, 9.17) is 4.42 Å². The third-order valence-corrected chi connectivity index (χ3v) is 2.68. The van der Waals surface area contributed by atoms with Gasteiger partial charge in [0.1, 0.15) is 5.76 Å². The molecular formula is C11H18N2O. The molecule has 0 saturated carbocycles. The molecule has 2 heterocycles. The van der Waals surface area contributed by atoms with Gasteiger partial charge in [-0.05, 0) is 38.1 Å². The number of hydrogen-bond acceptors (Lipinski definition) is 3. The molecule has 3 nitrogen and oxygen atoms in total. The van der Waals surface area contributed by atoms with E-state index < -0.39 is 0 Å². The van der Waals surface area contributed by atoms with Crippen molar-refractivity contribution in [2.24, 2.45) is 0 Å². The van der Waals surface area contributed by atoms with E-state index in [0.717, 1.165) is 18.8 Å². The highest BCUT2D eigenvalue weighted by molar-refractivity contribution is 4.97. The molecule has 0 radical (unpaired) electrons. The maximum atomic E-state index is 5.23. The van der Waals surface area contributed by atoms with E-state index >= 15 is 0 Å². The van der Waals surface area contributed by atoms with Crippen LogP contribution in [0.2, 0.25) is 0 Å². The predicted octanol–water partition coefficient (Wildman–Crippen LogP) is 1.47. The zero-order valence-corrected chi connectivity index (χ0v) is 8.54. The van der Waals surface area contributed by atoms with E-state index in [1.807, 2.05) is 12.1 Å². The van der Waals surface area contributed by atoms with Crippen LogP contribution in [0.4, 0.5) is 0 Å². The number of furan rings is 1. The molecule has 1 saturated heterocycles. The van der Waals surface area contributed by atoms with Crippen molar-refractivity contribution in [3.05, 3.63) is 24.2 Å². The van der Waals surface area contributed by atoms with Crippen LogP contribution < -0.4 is 5.32 Å². The van der Waals surface area contributed by atoms with Gasteiger partial charge in [0.2, 0.25) is 0 Å². The fourth-order valence-corrected chi connectivity index (χ4v) is 1.87. The van der Waals surface area contributed by atoms with Gasteiger partial charge in [0.25, 0.3) is 0 Å². The molecule has 1 N–H and O–H groups in total. The Morgan fingerprint density at radius 1 is 1.36 bits per heavy atom. The lowest BCUT2D eigenvalue weighted by Gasteiger charge is -2.14. The maximum Gasteiger partial charge on any atom is 0.117 e. The Kier molecular flexibility index (Phi) is 3.60. The second-order valence-electron chi connectivity index (χ2n) is 3.80. The molecule has 2 rings (SSSR count). The average molecular weight is 194 g/mol. The molecule has 0 atom stereocenters. The van der Waals surface area contributed by atoms with Gasteiger partial charge < -0.3 is 14.6 Å². The molecule has 0 bridgehead atoms. The largest absolute Gasteiger partial charge is 0.468 e. The van der Waals surface area contributed by atoms with Crippen molar-refractivity contribution >= 4 is 0 Å². The second-order valence-corrected chi connectivity index (χ2v) is 3.80. The molecule has 0 aromatic carbocycles. The van der Waals surface area contributed by atoms with Gasteiger partial charge in [0, 0.05) is 13.1 Å². The van der Waals surface area contributed by atoms with Crippen molar-refractivity contribution in [3.63, 3.8) is 0 Å². The van der Waals surface area contributed by atoms with E-state index in [1.54, 1.807) is 6.26 Å². The van der Waals surface area contributed by atoms with E-state index in [9.17, 15) is 0 Å². The summed E-state index contributed by atoms with van der Waals surface area (Å²) in [4.78, 5) is 2.51. The molecule has 0 spiro atoms. The fraction of sp³-hybridized carbons (Fsp3) is 0.636. The SMILES string of the molecule is c1coc(CNCCN2CCCC2)c1. The molecule has 0 aliphatic carbocycles. The average Bonchev–Trinajstić information content (AvgIpc) is 2.86. The number of rotatable bonds is 5. The highest BCUT2D eigenvalue weighted by Crippen LogP contribution is 2.05. The number of nitrogens with zero attached hydrogens (tertiary/aromatic N) is 1. The summed E-state index contributed by atoms with van der Waals surface area (Å²) < 4.78 is 5.23. The van der Waals surface area contributed by atoms with Crippen LogP contribution in [-0.2, 0) is 6.54 Å². The zero-order chi connectivity index (χ0) is 9.64. The van der Waals surface area contributed by atoms with Crippen molar-refractivity contribution in [2.45, 2.75) is 19.4 Å². The fourth-order valence-electron chi connectivity index (χ4n) is 1.87. The van der Waals surface area contributed by atoms with Crippen LogP contribution in [0.1, 0.15) is 18.6 Å². The van der Waals surface area contributed by atoms with E-state index in [2.05, 4.69) is 10.2 Å². The smallest absolute Gasteiger partial charge is 0.117 e. The minimum atomic E-state index is 0.848. The lowest BCUT2D eigenvalue weighted by molar-refractivity contribution is 0.332. The minimum absolute atomic E-state index is 0.848. The lowest BCUT2D eigenvalue weighted by atomic mass is 10.4. The van der Waals surface area contributed by atoms with Gasteiger partial charge in [-0.2, -0.15) is 0 Å². The summed E-state index contributed by atoms with van der Waals surface area (Å²) in [5.74, 6) is 1.02. The van der Waals surface area contributed by atoms with E-state index in [0.29, 0.717) is 0 Å². The summed E-state index contributed by atoms with van der Waals surface area (Å²) >= 11 is 0. The van der Waals surface area contributed by atoms with Gasteiger partial charge in [0.05, 0.1) is 12.8 Å². The molecule has 0 unspecified atom stereocenters. The normalized spacial score (nSPS) is 17.7. The Hall–Kier alpha value is -0.800. The van der Waals surface area contributed by atoms with E-state index in [-0.39, 0.29) is 0 Å². The summed E-state index contributed by atoms with van der Waals surface area (Å²) in [5.41, 5.74) is 0. The number of likely N-dealkylation sites (tertiary alicyclic amines) is 1. The van der Waals surface area contributed by atoms with Crippen molar-refractivity contribution in [2.75, 3.05) is 26.2 Å². The van der Waals surface area contributed by atoms with E-state index in [1.165, 1.54) is 32.5 Å². The molecule has 1 aliphatic rings. The first-order valence-electron chi connectivity index (χ1n) is 5.40. The quantitative estimate of drug-likeness (QED) is 0.719. The molecular weight excluding hydrogens is 176 g/mol. The van der Waals surface area contributed by atoms with Crippen LogP contribution >= 0.6 is 0 Å². The molecule has 1 aromatic heterocycles. The summed E-state index contributed by atoms with van der Waals surface area (Å²) in [6.45, 7) is 5.63. The van der Waals surface area contributed by atoms with Crippen molar-refractivity contribution in [1.82, 2.24) is 10.2 Å². The van der Waals surface area contributed by atoms with Gasteiger partial charge in [-0.25, -0.2) is 0 Å². The molecule has 1 aromatic rings. The number of hydrogen-bond donors (Lipinski definition) is 1. The molecule has 0 amide bonds. The molecule has 14 heavy (non-hydrogen) atoms. The highest BCUT2D eigenvalue weighted by Gasteiger charge is 2.09. The van der Waals surface area contributed by atoms with Crippen LogP contribution in [0.15, 0.2) is 22.8 Å². The minimum Gasteiger partial charge on any atom is -0.468 e. The van der Waals surface area contributed by atoms with Crippen LogP contribution in [0, 0.1) is 0 Å². The van der Waals surface area contributed by atoms with Crippen LogP contribution in [0.25, 0.3) is 0 Å². The Morgan fingerprint density at radius 3 is 2.93 bits per heavy atom.